The molecule has 0 saturated carbocycles. The average Bonchev–Trinajstić information content (AvgIpc) is 3.31. The number of piperazine rings is 1. The van der Waals surface area contributed by atoms with Crippen LogP contribution in [-0.2, 0) is 16.6 Å². The smallest absolute Gasteiger partial charge is 0.292 e. The Balaban J connectivity index is 1.47. The second-order valence-corrected chi connectivity index (χ2v) is 10.1. The zero-order valence-corrected chi connectivity index (χ0v) is 19.4. The number of furan rings is 1. The van der Waals surface area contributed by atoms with Crippen LogP contribution in [-0.4, -0.2) is 43.8 Å². The standard InChI is InChI=1S/C21H21BrN4O5S/c22-16-3-6-19(7-4-16)32(29,30)25-11-9-24(10-12-25)17-5-8-21(26(27)28)20(14-17)23-15-18-2-1-13-31-18/h1-8,13-14,23H,9-12,15H2. The van der Waals surface area contributed by atoms with E-state index >= 15 is 0 Å². The van der Waals surface area contributed by atoms with Crippen molar-refractivity contribution >= 4 is 43.0 Å². The first-order valence-electron chi connectivity index (χ1n) is 9.90. The highest BCUT2D eigenvalue weighted by Crippen LogP contribution is 2.31. The predicted molar refractivity (Wildman–Crippen MR) is 124 cm³/mol. The summed E-state index contributed by atoms with van der Waals surface area (Å²) in [5, 5.41) is 14.5. The van der Waals surface area contributed by atoms with Gasteiger partial charge in [-0.1, -0.05) is 15.9 Å². The lowest BCUT2D eigenvalue weighted by atomic mass is 10.2. The minimum Gasteiger partial charge on any atom is -0.467 e. The summed E-state index contributed by atoms with van der Waals surface area (Å²) in [6.45, 7) is 1.92. The van der Waals surface area contributed by atoms with Gasteiger partial charge < -0.3 is 14.6 Å². The van der Waals surface area contributed by atoms with Crippen LogP contribution < -0.4 is 10.2 Å². The Morgan fingerprint density at radius 3 is 2.41 bits per heavy atom. The van der Waals surface area contributed by atoms with Crippen molar-refractivity contribution in [2.45, 2.75) is 11.4 Å². The molecule has 4 rings (SSSR count). The van der Waals surface area contributed by atoms with Gasteiger partial charge >= 0.3 is 0 Å². The molecule has 0 atom stereocenters. The minimum atomic E-state index is -3.57. The third-order valence-corrected chi connectivity index (χ3v) is 7.71. The largest absolute Gasteiger partial charge is 0.467 e. The lowest BCUT2D eigenvalue weighted by Gasteiger charge is -2.35. The summed E-state index contributed by atoms with van der Waals surface area (Å²) < 4.78 is 33.4. The van der Waals surface area contributed by atoms with Crippen LogP contribution in [0.15, 0.2) is 74.6 Å². The van der Waals surface area contributed by atoms with E-state index in [1.807, 2.05) is 4.90 Å². The Hall–Kier alpha value is -2.89. The number of nitro benzene ring substituents is 1. The zero-order chi connectivity index (χ0) is 22.7. The van der Waals surface area contributed by atoms with Gasteiger partial charge in [-0.25, -0.2) is 8.42 Å². The molecule has 0 bridgehead atoms. The fourth-order valence-electron chi connectivity index (χ4n) is 3.56. The molecule has 1 saturated heterocycles. The Bertz CT molecular complexity index is 1190. The van der Waals surface area contributed by atoms with Crippen LogP contribution in [0.1, 0.15) is 5.76 Å². The zero-order valence-electron chi connectivity index (χ0n) is 17.0. The van der Waals surface area contributed by atoms with E-state index in [1.165, 1.54) is 10.4 Å². The molecule has 2 aromatic carbocycles. The van der Waals surface area contributed by atoms with Gasteiger partial charge in [-0.2, -0.15) is 4.31 Å². The van der Waals surface area contributed by atoms with E-state index in [-0.39, 0.29) is 10.6 Å². The molecule has 1 aliphatic heterocycles. The third kappa shape index (κ3) is 4.79. The SMILES string of the molecule is O=[N+]([O-])c1ccc(N2CCN(S(=O)(=O)c3ccc(Br)cc3)CC2)cc1NCc1ccco1. The fourth-order valence-corrected chi connectivity index (χ4v) is 5.25. The Labute approximate surface area is 194 Å². The van der Waals surface area contributed by atoms with E-state index in [1.54, 1.807) is 54.8 Å². The van der Waals surface area contributed by atoms with Gasteiger partial charge in [0.15, 0.2) is 0 Å². The number of sulfonamides is 1. The second-order valence-electron chi connectivity index (χ2n) is 7.24. The van der Waals surface area contributed by atoms with Gasteiger partial charge in [-0.15, -0.1) is 0 Å². The summed E-state index contributed by atoms with van der Waals surface area (Å²) in [5.74, 6) is 0.663. The lowest BCUT2D eigenvalue weighted by Crippen LogP contribution is -2.48. The van der Waals surface area contributed by atoms with Crippen molar-refractivity contribution in [2.24, 2.45) is 0 Å². The molecular formula is C21H21BrN4O5S. The first kappa shape index (κ1) is 22.3. The molecule has 0 radical (unpaired) electrons. The van der Waals surface area contributed by atoms with Crippen molar-refractivity contribution in [3.63, 3.8) is 0 Å². The maximum atomic E-state index is 12.9. The molecular weight excluding hydrogens is 500 g/mol. The molecule has 0 amide bonds. The maximum Gasteiger partial charge on any atom is 0.292 e. The topological polar surface area (TPSA) is 109 Å². The van der Waals surface area contributed by atoms with Crippen LogP contribution >= 0.6 is 15.9 Å². The molecule has 3 aromatic rings. The number of nitrogens with zero attached hydrogens (tertiary/aromatic N) is 3. The number of hydrogen-bond acceptors (Lipinski definition) is 7. The van der Waals surface area contributed by atoms with Gasteiger partial charge in [0.05, 0.1) is 22.6 Å². The van der Waals surface area contributed by atoms with Gasteiger partial charge in [0, 0.05) is 42.4 Å². The van der Waals surface area contributed by atoms with Gasteiger partial charge in [0.25, 0.3) is 5.69 Å². The van der Waals surface area contributed by atoms with Crippen LogP contribution in [0.25, 0.3) is 0 Å². The normalized spacial score (nSPS) is 15.0. The number of rotatable bonds is 7. The highest BCUT2D eigenvalue weighted by molar-refractivity contribution is 9.10. The van der Waals surface area contributed by atoms with Gasteiger partial charge in [-0.05, 0) is 48.5 Å². The Kier molecular flexibility index (Phi) is 6.49. The van der Waals surface area contributed by atoms with E-state index in [9.17, 15) is 18.5 Å². The monoisotopic (exact) mass is 520 g/mol. The molecule has 0 unspecified atom stereocenters. The number of hydrogen-bond donors (Lipinski definition) is 1. The molecule has 2 heterocycles. The Morgan fingerprint density at radius 2 is 1.78 bits per heavy atom. The highest BCUT2D eigenvalue weighted by atomic mass is 79.9. The summed E-state index contributed by atoms with van der Waals surface area (Å²) in [7, 11) is -3.57. The van der Waals surface area contributed by atoms with E-state index < -0.39 is 14.9 Å². The van der Waals surface area contributed by atoms with E-state index in [0.717, 1.165) is 10.2 Å². The number of nitro groups is 1. The Morgan fingerprint density at radius 1 is 1.06 bits per heavy atom. The summed E-state index contributed by atoms with van der Waals surface area (Å²) >= 11 is 3.32. The molecule has 32 heavy (non-hydrogen) atoms. The summed E-state index contributed by atoms with van der Waals surface area (Å²) in [6.07, 6.45) is 1.55. The number of halogens is 1. The predicted octanol–water partition coefficient (Wildman–Crippen LogP) is 4.07. The van der Waals surface area contributed by atoms with Gasteiger partial charge in [0.1, 0.15) is 11.4 Å². The number of benzene rings is 2. The van der Waals surface area contributed by atoms with Crippen molar-refractivity contribution < 1.29 is 17.8 Å². The van der Waals surface area contributed by atoms with Gasteiger partial charge in [-0.3, -0.25) is 10.1 Å². The van der Waals surface area contributed by atoms with Crippen LogP contribution in [0.3, 0.4) is 0 Å². The summed E-state index contributed by atoms with van der Waals surface area (Å²) in [6, 6.07) is 15.0. The number of nitrogens with one attached hydrogen (secondary N) is 1. The molecule has 0 aliphatic carbocycles. The molecule has 168 valence electrons. The molecule has 1 N–H and O–H groups in total. The summed E-state index contributed by atoms with van der Waals surface area (Å²) in [4.78, 5) is 13.3. The fraction of sp³-hybridized carbons (Fsp3) is 0.238. The van der Waals surface area contributed by atoms with Crippen molar-refractivity contribution in [3.05, 3.63) is 81.2 Å². The highest BCUT2D eigenvalue weighted by Gasteiger charge is 2.29. The molecule has 1 aromatic heterocycles. The quantitative estimate of drug-likeness (QED) is 0.369. The van der Waals surface area contributed by atoms with Crippen molar-refractivity contribution in [1.82, 2.24) is 4.31 Å². The first-order chi connectivity index (χ1) is 15.3. The molecule has 1 aliphatic rings. The van der Waals surface area contributed by atoms with Crippen LogP contribution in [0.5, 0.6) is 0 Å². The van der Waals surface area contributed by atoms with E-state index in [2.05, 4.69) is 21.2 Å². The minimum absolute atomic E-state index is 0.0308. The average molecular weight is 521 g/mol. The van der Waals surface area contributed by atoms with Crippen LogP contribution in [0.2, 0.25) is 0 Å². The van der Waals surface area contributed by atoms with E-state index in [4.69, 9.17) is 4.42 Å². The maximum absolute atomic E-state index is 12.9. The second kappa shape index (κ2) is 9.31. The first-order valence-corrected chi connectivity index (χ1v) is 12.1. The lowest BCUT2D eigenvalue weighted by molar-refractivity contribution is -0.384. The van der Waals surface area contributed by atoms with Crippen LogP contribution in [0.4, 0.5) is 17.1 Å². The van der Waals surface area contributed by atoms with Gasteiger partial charge in [0.2, 0.25) is 10.0 Å². The molecule has 9 nitrogen and oxygen atoms in total. The summed E-state index contributed by atoms with van der Waals surface area (Å²) in [5.41, 5.74) is 1.14. The van der Waals surface area contributed by atoms with Crippen molar-refractivity contribution in [3.8, 4) is 0 Å². The molecule has 0 spiro atoms. The van der Waals surface area contributed by atoms with Crippen molar-refractivity contribution in [2.75, 3.05) is 36.4 Å². The van der Waals surface area contributed by atoms with E-state index in [0.29, 0.717) is 44.2 Å². The molecule has 11 heteroatoms. The van der Waals surface area contributed by atoms with Crippen LogP contribution in [0, 0.1) is 10.1 Å². The number of anilines is 2. The van der Waals surface area contributed by atoms with Crippen molar-refractivity contribution in [1.29, 1.82) is 0 Å². The molecule has 1 fully saturated rings. The third-order valence-electron chi connectivity index (χ3n) is 5.27.